The van der Waals surface area contributed by atoms with Crippen molar-refractivity contribution in [3.63, 3.8) is 0 Å². The SMILES string of the molecule is F.[F-].[F-].[F-].[F-].[F-].[F-].[K+].[Ta+5]. The summed E-state index contributed by atoms with van der Waals surface area (Å²) in [5.74, 6) is 0. The van der Waals surface area contributed by atoms with Gasteiger partial charge >= 0.3 is 73.8 Å². The van der Waals surface area contributed by atoms with E-state index in [1.165, 1.54) is 0 Å². The zero-order chi connectivity index (χ0) is 0. The van der Waals surface area contributed by atoms with Crippen LogP contribution in [0, 0.1) is 0 Å². The van der Waals surface area contributed by atoms with E-state index in [4.69, 9.17) is 0 Å². The van der Waals surface area contributed by atoms with E-state index in [1.54, 1.807) is 0 Å². The third-order valence-electron chi connectivity index (χ3n) is 0. The van der Waals surface area contributed by atoms with Crippen molar-refractivity contribution < 1.29 is 107 Å². The van der Waals surface area contributed by atoms with Crippen molar-refractivity contribution in [2.75, 3.05) is 0 Å². The van der Waals surface area contributed by atoms with Crippen molar-refractivity contribution in [2.45, 2.75) is 0 Å². The minimum absolute atomic E-state index is 0. The Hall–Kier alpha value is 1.89. The largest absolute Gasteiger partial charge is 5.00 e. The van der Waals surface area contributed by atoms with Gasteiger partial charge in [-0.1, -0.05) is 0 Å². The Morgan fingerprint density at radius 3 is 0.444 bits per heavy atom. The summed E-state index contributed by atoms with van der Waals surface area (Å²) >= 11 is 0. The molecule has 9 heavy (non-hydrogen) atoms. The number of hydrogen-bond acceptors (Lipinski definition) is 0. The van der Waals surface area contributed by atoms with Gasteiger partial charge in [-0.05, 0) is 0 Å². The van der Waals surface area contributed by atoms with Crippen molar-refractivity contribution in [3.8, 4) is 0 Å². The van der Waals surface area contributed by atoms with E-state index in [-0.39, 0.29) is 107 Å². The summed E-state index contributed by atoms with van der Waals surface area (Å²) in [5, 5.41) is 0. The van der Waals surface area contributed by atoms with E-state index in [9.17, 15) is 0 Å². The summed E-state index contributed by atoms with van der Waals surface area (Å²) in [5.41, 5.74) is 0. The third kappa shape index (κ3) is 173. The van der Waals surface area contributed by atoms with Crippen LogP contribution in [-0.2, 0) is 22.4 Å². The maximum absolute atomic E-state index is 0. The Balaban J connectivity index is 0. The van der Waals surface area contributed by atoms with Crippen LogP contribution in [0.2, 0.25) is 0 Å². The quantitative estimate of drug-likeness (QED) is 0.300. The second-order valence-electron chi connectivity index (χ2n) is 0. The predicted octanol–water partition coefficient (Wildman–Crippen LogP) is -20.8. The molecule has 0 aliphatic rings. The predicted molar refractivity (Wildman–Crippen MR) is 2.50 cm³/mol. The zero-order valence-electron chi connectivity index (χ0n) is 4.12. The first kappa shape index (κ1) is 299. The molecule has 0 rings (SSSR count). The Morgan fingerprint density at radius 1 is 0.444 bits per heavy atom. The van der Waals surface area contributed by atoms with E-state index in [2.05, 4.69) is 0 Å². The third-order valence-corrected chi connectivity index (χ3v) is 0. The molecule has 0 N–H and O–H groups in total. The van der Waals surface area contributed by atoms with Gasteiger partial charge in [0.05, 0.1) is 0 Å². The zero-order valence-corrected chi connectivity index (χ0v) is 10.5. The Kier molecular flexibility index (Phi) is 7290. The first-order valence-electron chi connectivity index (χ1n) is 0. The second-order valence-corrected chi connectivity index (χ2v) is 0. The molecule has 0 aromatic heterocycles. The molecule has 0 amide bonds. The molecule has 9 heteroatoms. The minimum atomic E-state index is 0. The van der Waals surface area contributed by atoms with Crippen molar-refractivity contribution in [1.29, 1.82) is 0 Å². The van der Waals surface area contributed by atoms with E-state index in [0.29, 0.717) is 0 Å². The van der Waals surface area contributed by atoms with Gasteiger partial charge in [0.25, 0.3) is 0 Å². The molecule has 0 fully saturated rings. The van der Waals surface area contributed by atoms with Gasteiger partial charge in [0.2, 0.25) is 0 Å². The van der Waals surface area contributed by atoms with E-state index in [1.807, 2.05) is 0 Å². The smallest absolute Gasteiger partial charge is 1.00 e. The van der Waals surface area contributed by atoms with Crippen molar-refractivity contribution >= 4 is 0 Å². The van der Waals surface area contributed by atoms with Crippen LogP contribution >= 0.6 is 0 Å². The summed E-state index contributed by atoms with van der Waals surface area (Å²) in [6, 6.07) is 0. The van der Waals surface area contributed by atoms with Crippen LogP contribution in [0.3, 0.4) is 0 Å². The molecular weight excluding hydrogens is 353 g/mol. The maximum atomic E-state index is 0. The Bertz CT molecular complexity index is 8.88. The average molecular weight is 354 g/mol. The van der Waals surface area contributed by atoms with Crippen molar-refractivity contribution in [1.82, 2.24) is 0 Å². The molecule has 0 saturated carbocycles. The van der Waals surface area contributed by atoms with Crippen molar-refractivity contribution in [3.05, 3.63) is 0 Å². The molecule has 0 unspecified atom stereocenters. The molecule has 0 spiro atoms. The van der Waals surface area contributed by atoms with Gasteiger partial charge in [0.15, 0.2) is 0 Å². The summed E-state index contributed by atoms with van der Waals surface area (Å²) in [4.78, 5) is 0. The molecule has 0 bridgehead atoms. The van der Waals surface area contributed by atoms with Gasteiger partial charge in [-0.15, -0.1) is 0 Å². The molecule has 0 saturated heterocycles. The summed E-state index contributed by atoms with van der Waals surface area (Å²) in [7, 11) is 0. The molecular formula is HF7KTa. The van der Waals surface area contributed by atoms with E-state index < -0.39 is 0 Å². The van der Waals surface area contributed by atoms with Gasteiger partial charge in [-0.3, -0.25) is 4.70 Å². The molecule has 0 aromatic carbocycles. The molecule has 0 radical (unpaired) electrons. The Labute approximate surface area is 105 Å². The van der Waals surface area contributed by atoms with Gasteiger partial charge in [0, 0.05) is 0 Å². The molecule has 0 aliphatic carbocycles. The normalized spacial score (nSPS) is 0. The minimum Gasteiger partial charge on any atom is -1.00 e. The number of rotatable bonds is 0. The first-order chi connectivity index (χ1) is 0. The van der Waals surface area contributed by atoms with Crippen LogP contribution in [0.25, 0.3) is 0 Å². The van der Waals surface area contributed by atoms with Crippen LogP contribution in [-0.4, -0.2) is 0 Å². The molecule has 56 valence electrons. The summed E-state index contributed by atoms with van der Waals surface area (Å²) in [6.45, 7) is 0. The van der Waals surface area contributed by atoms with Crippen LogP contribution in [0.15, 0.2) is 0 Å². The fraction of sp³-hybridized carbons (Fsp3) is 0. The van der Waals surface area contributed by atoms with Crippen LogP contribution in [0.4, 0.5) is 4.70 Å². The number of hydrogen-bond donors (Lipinski definition) is 0. The maximum Gasteiger partial charge on any atom is 5.00 e. The molecule has 0 heterocycles. The van der Waals surface area contributed by atoms with Gasteiger partial charge in [0.1, 0.15) is 0 Å². The van der Waals surface area contributed by atoms with Crippen LogP contribution < -0.4 is 79.6 Å². The van der Waals surface area contributed by atoms with E-state index in [0.717, 1.165) is 0 Å². The van der Waals surface area contributed by atoms with Gasteiger partial charge in [-0.2, -0.15) is 0 Å². The fourth-order valence-corrected chi connectivity index (χ4v) is 0. The number of halogens is 7. The molecule has 0 nitrogen and oxygen atoms in total. The van der Waals surface area contributed by atoms with Crippen molar-refractivity contribution in [2.24, 2.45) is 0 Å². The van der Waals surface area contributed by atoms with Gasteiger partial charge < -0.3 is 28.2 Å². The average Bonchev–Trinajstić information content (AvgIpc) is 0. The fourth-order valence-electron chi connectivity index (χ4n) is 0. The van der Waals surface area contributed by atoms with E-state index >= 15 is 0 Å². The molecule has 0 aromatic rings. The van der Waals surface area contributed by atoms with Crippen LogP contribution in [0.5, 0.6) is 0 Å². The molecule has 0 atom stereocenters. The van der Waals surface area contributed by atoms with Crippen LogP contribution in [0.1, 0.15) is 0 Å². The topological polar surface area (TPSA) is 0 Å². The standard InChI is InChI=1S/7FH.K.Ta/h7*1H;;/q;;;;;;;+1;+5/p-6. The van der Waals surface area contributed by atoms with Gasteiger partial charge in [-0.25, -0.2) is 0 Å². The first-order valence-corrected chi connectivity index (χ1v) is 0. The summed E-state index contributed by atoms with van der Waals surface area (Å²) in [6.07, 6.45) is 0. The molecule has 0 aliphatic heterocycles. The Morgan fingerprint density at radius 2 is 0.444 bits per heavy atom. The monoisotopic (exact) mass is 354 g/mol. The second kappa shape index (κ2) is 219. The summed E-state index contributed by atoms with van der Waals surface area (Å²) < 4.78 is 0.